The Morgan fingerprint density at radius 3 is 2.33 bits per heavy atom. The molecule has 13 heteroatoms. The lowest BCUT2D eigenvalue weighted by Gasteiger charge is -2.29. The largest absolute Gasteiger partial charge is 0.438 e. The van der Waals surface area contributed by atoms with Crippen LogP contribution in [-0.2, 0) is 20.7 Å². The summed E-state index contributed by atoms with van der Waals surface area (Å²) in [6, 6.07) is 16.1. The second-order valence-electron chi connectivity index (χ2n) is 11.2. The van der Waals surface area contributed by atoms with E-state index in [1.807, 2.05) is 49.4 Å². The van der Waals surface area contributed by atoms with Gasteiger partial charge in [0.25, 0.3) is 21.9 Å². The third-order valence-electron chi connectivity index (χ3n) is 7.55. The van der Waals surface area contributed by atoms with Gasteiger partial charge in [-0.2, -0.15) is 8.42 Å². The van der Waals surface area contributed by atoms with Gasteiger partial charge in [-0.15, -0.1) is 11.3 Å². The maximum Gasteiger partial charge on any atom is 0.270 e. The van der Waals surface area contributed by atoms with Gasteiger partial charge in [0.1, 0.15) is 22.8 Å². The maximum absolute atomic E-state index is 14.2. The average Bonchev–Trinajstić information content (AvgIpc) is 3.47. The molecule has 1 fully saturated rings. The van der Waals surface area contributed by atoms with Crippen LogP contribution >= 0.6 is 11.3 Å². The third-order valence-corrected chi connectivity index (χ3v) is 8.92. The van der Waals surface area contributed by atoms with Crippen molar-refractivity contribution in [1.29, 1.82) is 0 Å². The van der Waals surface area contributed by atoms with Crippen LogP contribution in [0.5, 0.6) is 11.6 Å². The van der Waals surface area contributed by atoms with Crippen LogP contribution in [-0.4, -0.2) is 55.1 Å². The predicted molar refractivity (Wildman–Crippen MR) is 173 cm³/mol. The van der Waals surface area contributed by atoms with Crippen molar-refractivity contribution < 1.29 is 31.3 Å². The summed E-state index contributed by atoms with van der Waals surface area (Å²) in [7, 11) is -3.45. The molecule has 2 aromatic carbocycles. The molecular weight excluding hydrogens is 632 g/mol. The van der Waals surface area contributed by atoms with Crippen LogP contribution in [0, 0.1) is 12.7 Å². The minimum atomic E-state index is -3.45. The minimum absolute atomic E-state index is 0.0102. The van der Waals surface area contributed by atoms with Crippen molar-refractivity contribution in [3.05, 3.63) is 93.8 Å². The molecule has 0 aliphatic heterocycles. The molecule has 1 aliphatic carbocycles. The highest BCUT2D eigenvalue weighted by Gasteiger charge is 2.26. The molecule has 242 valence electrons. The number of thiazole rings is 1. The Labute approximate surface area is 271 Å². The average molecular weight is 667 g/mol. The zero-order valence-corrected chi connectivity index (χ0v) is 27.1. The van der Waals surface area contributed by atoms with E-state index in [9.17, 15) is 22.4 Å². The van der Waals surface area contributed by atoms with Crippen LogP contribution in [0.2, 0.25) is 0 Å². The number of carbonyl (C=O) groups excluding carboxylic acids is 2. The molecule has 2 N–H and O–H groups in total. The number of ether oxygens (including phenoxy) is 1. The number of hydrogen-bond donors (Lipinski definition) is 2. The number of aromatic nitrogens is 2. The number of carbonyl (C=O) groups is 2. The van der Waals surface area contributed by atoms with E-state index in [4.69, 9.17) is 8.92 Å². The van der Waals surface area contributed by atoms with Gasteiger partial charge in [-0.25, -0.2) is 14.4 Å². The molecule has 2 heterocycles. The van der Waals surface area contributed by atoms with Crippen LogP contribution in [0.15, 0.2) is 66.2 Å². The number of amides is 2. The normalized spacial score (nSPS) is 16.5. The third kappa shape index (κ3) is 9.41. The summed E-state index contributed by atoms with van der Waals surface area (Å²) in [5, 5.41) is 8.57. The Kier molecular flexibility index (Phi) is 10.8. The molecule has 2 amide bonds. The van der Waals surface area contributed by atoms with Crippen LogP contribution < -0.4 is 15.4 Å². The summed E-state index contributed by atoms with van der Waals surface area (Å²) in [5.41, 5.74) is 3.25. The maximum atomic E-state index is 14.2. The molecule has 0 saturated heterocycles. The van der Waals surface area contributed by atoms with E-state index in [1.54, 1.807) is 11.4 Å². The van der Waals surface area contributed by atoms with Gasteiger partial charge < -0.3 is 15.4 Å². The first-order chi connectivity index (χ1) is 22.0. The number of hydrogen-bond acceptors (Lipinski definition) is 9. The molecule has 1 saturated carbocycles. The van der Waals surface area contributed by atoms with Gasteiger partial charge in [0.2, 0.25) is 5.88 Å². The van der Waals surface area contributed by atoms with E-state index in [0.29, 0.717) is 50.0 Å². The van der Waals surface area contributed by atoms with Gasteiger partial charge >= 0.3 is 0 Å². The first-order valence-corrected chi connectivity index (χ1v) is 17.6. The van der Waals surface area contributed by atoms with E-state index in [2.05, 4.69) is 20.6 Å². The Bertz CT molecular complexity index is 1790. The molecule has 5 rings (SSSR count). The van der Waals surface area contributed by atoms with Crippen molar-refractivity contribution in [3.63, 3.8) is 0 Å². The van der Waals surface area contributed by atoms with Crippen LogP contribution in [0.3, 0.4) is 0 Å². The molecule has 0 bridgehead atoms. The summed E-state index contributed by atoms with van der Waals surface area (Å²) >= 11 is 1.43. The molecule has 0 unspecified atom stereocenters. The monoisotopic (exact) mass is 666 g/mol. The predicted octanol–water partition coefficient (Wildman–Crippen LogP) is 5.82. The van der Waals surface area contributed by atoms with Gasteiger partial charge in [-0.3, -0.25) is 13.8 Å². The fraction of sp³-hybridized carbons (Fsp3) is 0.333. The molecular formula is C33H35FN4O6S2. The van der Waals surface area contributed by atoms with E-state index < -0.39 is 21.8 Å². The van der Waals surface area contributed by atoms with Crippen molar-refractivity contribution in [3.8, 4) is 22.8 Å². The molecule has 0 spiro atoms. The van der Waals surface area contributed by atoms with Crippen LogP contribution in [0.25, 0.3) is 11.1 Å². The summed E-state index contributed by atoms with van der Waals surface area (Å²) in [6.45, 7) is 1.98. The van der Waals surface area contributed by atoms with Gasteiger partial charge in [0.15, 0.2) is 0 Å². The highest BCUT2D eigenvalue weighted by molar-refractivity contribution is 7.85. The van der Waals surface area contributed by atoms with Crippen LogP contribution in [0.4, 0.5) is 4.39 Å². The number of rotatable bonds is 12. The van der Waals surface area contributed by atoms with E-state index in [0.717, 1.165) is 40.2 Å². The topological polar surface area (TPSA) is 137 Å². The number of aryl methyl sites for hydroxylation is 2. The quantitative estimate of drug-likeness (QED) is 0.143. The summed E-state index contributed by atoms with van der Waals surface area (Å²) < 4.78 is 47.3. The standard InChI is InChI=1S/C33H35FN4O6S2/c1-21-36-30(20-45-21)32(40)38-27-14-12-26(13-15-27)37-31(39)29-18-25(34)19-35-33(29)44-28-7-3-6-24(17-28)23-10-8-22(9-11-23)5-4-16-43-46(2,41)42/h3,6-11,17-20,26-27H,4-5,12-16H2,1-2H3,(H,37,39)(H,38,40). The smallest absolute Gasteiger partial charge is 0.270 e. The SMILES string of the molecule is Cc1nc(C(=O)NC2CCC(NC(=O)c3cc(F)cnc3Oc3cccc(-c4ccc(CCCOS(C)(=O)=O)cc4)c3)CC2)cs1. The Morgan fingerprint density at radius 1 is 0.978 bits per heavy atom. The first-order valence-electron chi connectivity index (χ1n) is 14.9. The molecule has 0 radical (unpaired) electrons. The lowest BCUT2D eigenvalue weighted by atomic mass is 9.91. The summed E-state index contributed by atoms with van der Waals surface area (Å²) in [4.78, 5) is 34.0. The number of halogens is 1. The Balaban J connectivity index is 1.18. The summed E-state index contributed by atoms with van der Waals surface area (Å²) in [5.74, 6) is -0.916. The lowest BCUT2D eigenvalue weighted by Crippen LogP contribution is -2.44. The number of pyridine rings is 1. The Morgan fingerprint density at radius 2 is 1.67 bits per heavy atom. The van der Waals surface area contributed by atoms with Crippen molar-refractivity contribution in [2.75, 3.05) is 12.9 Å². The van der Waals surface area contributed by atoms with E-state index in [-0.39, 0.29) is 36.0 Å². The van der Waals surface area contributed by atoms with Crippen LogP contribution in [0.1, 0.15) is 63.5 Å². The zero-order chi connectivity index (χ0) is 32.7. The molecule has 0 atom stereocenters. The zero-order valence-electron chi connectivity index (χ0n) is 25.5. The van der Waals surface area contributed by atoms with Gasteiger partial charge in [-0.05, 0) is 80.3 Å². The van der Waals surface area contributed by atoms with Crippen molar-refractivity contribution >= 4 is 33.3 Å². The number of nitrogens with zero attached hydrogens (tertiary/aromatic N) is 2. The highest BCUT2D eigenvalue weighted by Crippen LogP contribution is 2.29. The second kappa shape index (κ2) is 14.9. The number of nitrogens with one attached hydrogen (secondary N) is 2. The molecule has 4 aromatic rings. The van der Waals surface area contributed by atoms with Crippen molar-refractivity contribution in [2.24, 2.45) is 0 Å². The van der Waals surface area contributed by atoms with E-state index in [1.165, 1.54) is 11.3 Å². The fourth-order valence-electron chi connectivity index (χ4n) is 5.24. The van der Waals surface area contributed by atoms with Crippen molar-refractivity contribution in [2.45, 2.75) is 57.5 Å². The lowest BCUT2D eigenvalue weighted by molar-refractivity contribution is 0.0888. The van der Waals surface area contributed by atoms with Gasteiger partial charge in [0.05, 0.1) is 24.1 Å². The molecule has 2 aromatic heterocycles. The van der Waals surface area contributed by atoms with E-state index >= 15 is 0 Å². The molecule has 1 aliphatic rings. The molecule has 46 heavy (non-hydrogen) atoms. The van der Waals surface area contributed by atoms with Crippen molar-refractivity contribution in [1.82, 2.24) is 20.6 Å². The highest BCUT2D eigenvalue weighted by atomic mass is 32.2. The minimum Gasteiger partial charge on any atom is -0.438 e. The summed E-state index contributed by atoms with van der Waals surface area (Å²) in [6.07, 6.45) is 5.97. The van der Waals surface area contributed by atoms with Gasteiger partial charge in [0, 0.05) is 17.5 Å². The molecule has 10 nitrogen and oxygen atoms in total. The fourth-order valence-corrected chi connectivity index (χ4v) is 6.26. The number of benzene rings is 2. The first kappa shape index (κ1) is 33.2. The van der Waals surface area contributed by atoms with Gasteiger partial charge in [-0.1, -0.05) is 36.4 Å². The second-order valence-corrected chi connectivity index (χ2v) is 13.9. The Hall–Kier alpha value is -4.20.